The van der Waals surface area contributed by atoms with Crippen LogP contribution in [0.25, 0.3) is 21.9 Å². The van der Waals surface area contributed by atoms with E-state index in [2.05, 4.69) is 15.9 Å². The maximum absolute atomic E-state index is 10.9. The largest absolute Gasteiger partial charge is 0.456 e. The van der Waals surface area contributed by atoms with Crippen LogP contribution < -0.4 is 0 Å². The summed E-state index contributed by atoms with van der Waals surface area (Å²) in [5, 5.41) is 1.98. The number of carbonyl (C=O) groups excluding carboxylic acids is 1. The van der Waals surface area contributed by atoms with Gasteiger partial charge in [-0.25, -0.2) is 0 Å². The van der Waals surface area contributed by atoms with Crippen molar-refractivity contribution in [2.24, 2.45) is 0 Å². The fourth-order valence-corrected chi connectivity index (χ4v) is 2.52. The molecule has 0 radical (unpaired) electrons. The molecule has 0 spiro atoms. The summed E-state index contributed by atoms with van der Waals surface area (Å²) in [7, 11) is 0. The molecule has 0 aliphatic heterocycles. The van der Waals surface area contributed by atoms with Gasteiger partial charge < -0.3 is 4.42 Å². The highest BCUT2D eigenvalue weighted by atomic mass is 79.9. The van der Waals surface area contributed by atoms with Gasteiger partial charge in [0, 0.05) is 20.8 Å². The SMILES string of the molecule is O=Cc1ccc2oc3ccccc3c2c1Br. The van der Waals surface area contributed by atoms with Gasteiger partial charge in [0.1, 0.15) is 11.2 Å². The monoisotopic (exact) mass is 274 g/mol. The first-order valence-corrected chi connectivity index (χ1v) is 5.65. The van der Waals surface area contributed by atoms with Crippen molar-refractivity contribution in [2.75, 3.05) is 0 Å². The number of rotatable bonds is 1. The van der Waals surface area contributed by atoms with Crippen molar-refractivity contribution < 1.29 is 9.21 Å². The van der Waals surface area contributed by atoms with E-state index in [1.54, 1.807) is 6.07 Å². The van der Waals surface area contributed by atoms with Gasteiger partial charge in [0.05, 0.1) is 0 Å². The molecule has 0 N–H and O–H groups in total. The minimum absolute atomic E-state index is 0.638. The first-order chi connectivity index (χ1) is 7.81. The highest BCUT2D eigenvalue weighted by Gasteiger charge is 2.11. The molecule has 1 aromatic heterocycles. The summed E-state index contributed by atoms with van der Waals surface area (Å²) in [4.78, 5) is 10.9. The number of carbonyl (C=O) groups is 1. The zero-order valence-corrected chi connectivity index (χ0v) is 9.82. The lowest BCUT2D eigenvalue weighted by atomic mass is 10.1. The third kappa shape index (κ3) is 1.21. The van der Waals surface area contributed by atoms with Gasteiger partial charge in [-0.2, -0.15) is 0 Å². The number of aldehydes is 1. The lowest BCUT2D eigenvalue weighted by Gasteiger charge is -1.97. The molecular formula is C13H7BrO2. The zero-order chi connectivity index (χ0) is 11.1. The van der Waals surface area contributed by atoms with Crippen LogP contribution in [-0.4, -0.2) is 6.29 Å². The van der Waals surface area contributed by atoms with Crippen LogP contribution in [0.3, 0.4) is 0 Å². The molecule has 78 valence electrons. The Hall–Kier alpha value is -1.61. The highest BCUT2D eigenvalue weighted by Crippen LogP contribution is 2.35. The predicted octanol–water partition coefficient (Wildman–Crippen LogP) is 4.16. The van der Waals surface area contributed by atoms with Crippen LogP contribution in [0.4, 0.5) is 0 Å². The Morgan fingerprint density at radius 2 is 1.88 bits per heavy atom. The topological polar surface area (TPSA) is 30.2 Å². The second-order valence-electron chi connectivity index (χ2n) is 3.56. The summed E-state index contributed by atoms with van der Waals surface area (Å²) in [5.74, 6) is 0. The quantitative estimate of drug-likeness (QED) is 0.624. The van der Waals surface area contributed by atoms with Gasteiger partial charge in [0.25, 0.3) is 0 Å². The van der Waals surface area contributed by atoms with E-state index in [-0.39, 0.29) is 0 Å². The maximum Gasteiger partial charge on any atom is 0.151 e. The molecule has 0 aliphatic rings. The molecule has 0 bridgehead atoms. The Kier molecular flexibility index (Phi) is 2.07. The second kappa shape index (κ2) is 3.46. The first-order valence-electron chi connectivity index (χ1n) is 4.86. The normalized spacial score (nSPS) is 11.1. The fraction of sp³-hybridized carbons (Fsp3) is 0. The van der Waals surface area contributed by atoms with Crippen LogP contribution in [0.1, 0.15) is 10.4 Å². The third-order valence-electron chi connectivity index (χ3n) is 2.64. The van der Waals surface area contributed by atoms with Crippen LogP contribution in [0, 0.1) is 0 Å². The predicted molar refractivity (Wildman–Crippen MR) is 66.8 cm³/mol. The average Bonchev–Trinajstić information content (AvgIpc) is 2.68. The molecule has 0 saturated heterocycles. The zero-order valence-electron chi connectivity index (χ0n) is 8.24. The Bertz CT molecular complexity index is 698. The van der Waals surface area contributed by atoms with Crippen molar-refractivity contribution in [2.45, 2.75) is 0 Å². The fourth-order valence-electron chi connectivity index (χ4n) is 1.88. The van der Waals surface area contributed by atoms with E-state index in [1.165, 1.54) is 0 Å². The van der Waals surface area contributed by atoms with Gasteiger partial charge in [0.2, 0.25) is 0 Å². The Morgan fingerprint density at radius 3 is 2.69 bits per heavy atom. The molecule has 16 heavy (non-hydrogen) atoms. The van der Waals surface area contributed by atoms with E-state index < -0.39 is 0 Å². The Labute approximate surface area is 100.0 Å². The van der Waals surface area contributed by atoms with Crippen LogP contribution in [0.15, 0.2) is 45.3 Å². The summed E-state index contributed by atoms with van der Waals surface area (Å²) in [5.41, 5.74) is 2.26. The minimum atomic E-state index is 0.638. The van der Waals surface area contributed by atoms with E-state index in [4.69, 9.17) is 4.42 Å². The van der Waals surface area contributed by atoms with Gasteiger partial charge in [-0.05, 0) is 34.1 Å². The first kappa shape index (κ1) is 9.60. The molecule has 0 amide bonds. The minimum Gasteiger partial charge on any atom is -0.456 e. The summed E-state index contributed by atoms with van der Waals surface area (Å²) >= 11 is 3.45. The third-order valence-corrected chi connectivity index (χ3v) is 3.49. The summed E-state index contributed by atoms with van der Waals surface area (Å²) in [6.07, 6.45) is 0.839. The molecule has 2 aromatic carbocycles. The standard InChI is InChI=1S/C13H7BrO2/c14-13-8(7-15)5-6-11-12(13)9-3-1-2-4-10(9)16-11/h1-7H. The average molecular weight is 275 g/mol. The van der Waals surface area contributed by atoms with Crippen LogP contribution in [0.2, 0.25) is 0 Å². The molecule has 0 atom stereocenters. The van der Waals surface area contributed by atoms with E-state index in [0.717, 1.165) is 32.7 Å². The number of benzene rings is 2. The highest BCUT2D eigenvalue weighted by molar-refractivity contribution is 9.10. The van der Waals surface area contributed by atoms with Crippen LogP contribution in [-0.2, 0) is 0 Å². The summed E-state index contributed by atoms with van der Waals surface area (Å²) in [6.45, 7) is 0. The van der Waals surface area contributed by atoms with Crippen molar-refractivity contribution in [3.8, 4) is 0 Å². The smallest absolute Gasteiger partial charge is 0.151 e. The molecule has 0 fully saturated rings. The molecule has 3 aromatic rings. The second-order valence-corrected chi connectivity index (χ2v) is 4.35. The van der Waals surface area contributed by atoms with Gasteiger partial charge >= 0.3 is 0 Å². The molecule has 0 aliphatic carbocycles. The van der Waals surface area contributed by atoms with Gasteiger partial charge in [-0.3, -0.25) is 4.79 Å². The molecule has 2 nitrogen and oxygen atoms in total. The van der Waals surface area contributed by atoms with Crippen molar-refractivity contribution in [1.82, 2.24) is 0 Å². The van der Waals surface area contributed by atoms with Crippen LogP contribution in [0.5, 0.6) is 0 Å². The van der Waals surface area contributed by atoms with Crippen molar-refractivity contribution in [3.63, 3.8) is 0 Å². The lowest BCUT2D eigenvalue weighted by Crippen LogP contribution is -1.81. The number of furan rings is 1. The number of hydrogen-bond donors (Lipinski definition) is 0. The number of para-hydroxylation sites is 1. The summed E-state index contributed by atoms with van der Waals surface area (Å²) in [6, 6.07) is 11.4. The maximum atomic E-state index is 10.9. The van der Waals surface area contributed by atoms with E-state index in [9.17, 15) is 4.79 Å². The van der Waals surface area contributed by atoms with Crippen LogP contribution >= 0.6 is 15.9 Å². The van der Waals surface area contributed by atoms with Crippen molar-refractivity contribution in [1.29, 1.82) is 0 Å². The van der Waals surface area contributed by atoms with E-state index >= 15 is 0 Å². The molecule has 0 unspecified atom stereocenters. The molecule has 0 saturated carbocycles. The number of fused-ring (bicyclic) bond motifs is 3. The van der Waals surface area contributed by atoms with Crippen molar-refractivity contribution >= 4 is 44.2 Å². The molecule has 3 rings (SSSR count). The van der Waals surface area contributed by atoms with Crippen molar-refractivity contribution in [3.05, 3.63) is 46.4 Å². The Balaban J connectivity index is 2.58. The molecule has 1 heterocycles. The summed E-state index contributed by atoms with van der Waals surface area (Å²) < 4.78 is 6.48. The van der Waals surface area contributed by atoms with Gasteiger partial charge in [-0.15, -0.1) is 0 Å². The number of hydrogen-bond acceptors (Lipinski definition) is 2. The Morgan fingerprint density at radius 1 is 1.06 bits per heavy atom. The molecule has 3 heteroatoms. The number of halogens is 1. The van der Waals surface area contributed by atoms with E-state index in [1.807, 2.05) is 30.3 Å². The van der Waals surface area contributed by atoms with Gasteiger partial charge in [-0.1, -0.05) is 18.2 Å². The molecular weight excluding hydrogens is 268 g/mol. The lowest BCUT2D eigenvalue weighted by molar-refractivity contribution is 0.112. The van der Waals surface area contributed by atoms with Gasteiger partial charge in [0.15, 0.2) is 6.29 Å². The van der Waals surface area contributed by atoms with E-state index in [0.29, 0.717) is 5.56 Å².